The fraction of sp³-hybridized carbons (Fsp3) is 0.143. The molecule has 0 fully saturated rings. The number of rotatable bonds is 6. The van der Waals surface area contributed by atoms with E-state index in [4.69, 9.17) is 4.55 Å². The molecule has 0 saturated heterocycles. The number of hydrogen-bond acceptors (Lipinski definition) is 5. The van der Waals surface area contributed by atoms with Crippen molar-refractivity contribution in [2.24, 2.45) is 0 Å². The maximum absolute atomic E-state index is 13.2. The fourth-order valence-electron chi connectivity index (χ4n) is 3.09. The molecule has 0 aliphatic carbocycles. The van der Waals surface area contributed by atoms with Crippen molar-refractivity contribution >= 4 is 106 Å². The number of carbonyl (C=O) groups is 2. The highest BCUT2D eigenvalue weighted by Gasteiger charge is 2.45. The normalized spacial score (nSPS) is 12.9. The van der Waals surface area contributed by atoms with Crippen LogP contribution in [0, 0.1) is 10.7 Å². The van der Waals surface area contributed by atoms with Crippen molar-refractivity contribution in [3.8, 4) is 0 Å². The van der Waals surface area contributed by atoms with Crippen molar-refractivity contribution in [1.82, 2.24) is 0 Å². The molecule has 7 nitrogen and oxygen atoms in total. The van der Waals surface area contributed by atoms with Crippen LogP contribution in [-0.2, 0) is 14.9 Å². The SMILES string of the molecule is O=C(Nc1cccc2c(C(=O)OC(CS(=O)(=O)O)C(F)(F)F)cccc12)c1cc(I)cc(I)c1I. The Morgan fingerprint density at radius 3 is 2.26 bits per heavy atom. The second-order valence-electron chi connectivity index (χ2n) is 7.09. The van der Waals surface area contributed by atoms with E-state index in [0.717, 1.165) is 10.7 Å². The van der Waals surface area contributed by atoms with Gasteiger partial charge in [0.2, 0.25) is 6.10 Å². The minimum atomic E-state index is -5.23. The predicted molar refractivity (Wildman–Crippen MR) is 148 cm³/mol. The molecule has 1 unspecified atom stereocenters. The van der Waals surface area contributed by atoms with E-state index in [1.165, 1.54) is 24.3 Å². The summed E-state index contributed by atoms with van der Waals surface area (Å²) in [6.07, 6.45) is -8.29. The van der Waals surface area contributed by atoms with Gasteiger partial charge in [-0.1, -0.05) is 24.3 Å². The molecule has 0 saturated carbocycles. The number of hydrogen-bond donors (Lipinski definition) is 2. The van der Waals surface area contributed by atoms with E-state index in [-0.39, 0.29) is 10.9 Å². The molecule has 35 heavy (non-hydrogen) atoms. The van der Waals surface area contributed by atoms with Gasteiger partial charge in [0.05, 0.1) is 11.1 Å². The summed E-state index contributed by atoms with van der Waals surface area (Å²) in [6, 6.07) is 12.3. The smallest absolute Gasteiger partial charge is 0.426 e. The molecule has 0 spiro atoms. The lowest BCUT2D eigenvalue weighted by Crippen LogP contribution is -2.39. The Morgan fingerprint density at radius 1 is 1.00 bits per heavy atom. The van der Waals surface area contributed by atoms with Crippen molar-refractivity contribution in [2.75, 3.05) is 11.1 Å². The van der Waals surface area contributed by atoms with Gasteiger partial charge in [0.25, 0.3) is 16.0 Å². The molecule has 186 valence electrons. The Kier molecular flexibility index (Phi) is 8.91. The molecule has 0 radical (unpaired) electrons. The molecule has 0 aliphatic rings. The van der Waals surface area contributed by atoms with Crippen LogP contribution in [0.2, 0.25) is 0 Å². The molecule has 0 bridgehead atoms. The van der Waals surface area contributed by atoms with E-state index >= 15 is 0 Å². The quantitative estimate of drug-likeness (QED) is 0.139. The van der Waals surface area contributed by atoms with Gasteiger partial charge in [0, 0.05) is 21.8 Å². The Hall–Kier alpha value is -1.25. The highest BCUT2D eigenvalue weighted by Crippen LogP contribution is 2.30. The van der Waals surface area contributed by atoms with Crippen LogP contribution in [0.3, 0.4) is 0 Å². The molecule has 1 atom stereocenters. The van der Waals surface area contributed by atoms with Crippen LogP contribution in [0.25, 0.3) is 10.8 Å². The van der Waals surface area contributed by atoms with Crippen LogP contribution < -0.4 is 5.32 Å². The standard InChI is InChI=1S/C21H13F3I3NO6S/c22-21(23,24)17(9-35(31,32)33)34-20(30)13-5-1-4-12-11(13)3-2-6-16(12)28-19(29)14-7-10(25)8-15(26)18(14)27/h1-8,17H,9H2,(H,28,29)(H,31,32,33). The van der Waals surface area contributed by atoms with Gasteiger partial charge in [-0.05, 0) is 97.4 Å². The molecular formula is C21H13F3I3NO6S. The first-order valence-electron chi connectivity index (χ1n) is 9.38. The summed E-state index contributed by atoms with van der Waals surface area (Å²) in [7, 11) is -5.08. The first-order valence-corrected chi connectivity index (χ1v) is 14.2. The number of esters is 1. The Morgan fingerprint density at radius 2 is 1.63 bits per heavy atom. The van der Waals surface area contributed by atoms with Crippen molar-refractivity contribution in [3.63, 3.8) is 0 Å². The van der Waals surface area contributed by atoms with Crippen LogP contribution in [0.15, 0.2) is 48.5 Å². The number of fused-ring (bicyclic) bond motifs is 1. The third-order valence-electron chi connectivity index (χ3n) is 4.60. The van der Waals surface area contributed by atoms with Crippen LogP contribution in [0.4, 0.5) is 18.9 Å². The molecular weight excluding hydrogens is 832 g/mol. The van der Waals surface area contributed by atoms with E-state index in [1.54, 1.807) is 18.2 Å². The Labute approximate surface area is 238 Å². The average molecular weight is 845 g/mol. The highest BCUT2D eigenvalue weighted by atomic mass is 127. The highest BCUT2D eigenvalue weighted by molar-refractivity contribution is 14.1. The summed E-state index contributed by atoms with van der Waals surface area (Å²) in [5, 5.41) is 3.29. The number of halogens is 6. The van der Waals surface area contributed by atoms with E-state index in [1.807, 2.05) is 6.07 Å². The van der Waals surface area contributed by atoms with Gasteiger partial charge >= 0.3 is 12.1 Å². The summed E-state index contributed by atoms with van der Waals surface area (Å²) >= 11 is 6.25. The largest absolute Gasteiger partial charge is 0.448 e. The molecule has 14 heteroatoms. The summed E-state index contributed by atoms with van der Waals surface area (Å²) < 4.78 is 77.2. The second kappa shape index (κ2) is 11.0. The van der Waals surface area contributed by atoms with Gasteiger partial charge in [-0.2, -0.15) is 21.6 Å². The minimum absolute atomic E-state index is 0.176. The van der Waals surface area contributed by atoms with Crippen LogP contribution in [0.5, 0.6) is 0 Å². The van der Waals surface area contributed by atoms with Crippen molar-refractivity contribution < 1.29 is 40.5 Å². The van der Waals surface area contributed by atoms with Gasteiger partial charge < -0.3 is 10.1 Å². The van der Waals surface area contributed by atoms with Gasteiger partial charge in [0.1, 0.15) is 5.75 Å². The number of alkyl halides is 3. The molecule has 2 N–H and O–H groups in total. The van der Waals surface area contributed by atoms with Crippen LogP contribution in [0.1, 0.15) is 20.7 Å². The lowest BCUT2D eigenvalue weighted by Gasteiger charge is -2.20. The van der Waals surface area contributed by atoms with E-state index in [9.17, 15) is 31.2 Å². The molecule has 0 aliphatic heterocycles. The maximum atomic E-state index is 13.2. The van der Waals surface area contributed by atoms with E-state index < -0.39 is 40.0 Å². The van der Waals surface area contributed by atoms with E-state index in [0.29, 0.717) is 16.6 Å². The average Bonchev–Trinajstić information content (AvgIpc) is 2.74. The van der Waals surface area contributed by atoms with E-state index in [2.05, 4.69) is 77.8 Å². The van der Waals surface area contributed by atoms with Crippen molar-refractivity contribution in [3.05, 3.63) is 70.4 Å². The second-order valence-corrected chi connectivity index (χ2v) is 12.1. The van der Waals surface area contributed by atoms with Crippen LogP contribution in [-0.4, -0.2) is 42.9 Å². The monoisotopic (exact) mass is 845 g/mol. The topological polar surface area (TPSA) is 110 Å². The summed E-state index contributed by atoms with van der Waals surface area (Å²) in [4.78, 5) is 25.6. The Balaban J connectivity index is 1.97. The first-order chi connectivity index (χ1) is 16.2. The Bertz CT molecular complexity index is 1430. The van der Waals surface area contributed by atoms with Gasteiger partial charge in [-0.15, -0.1) is 0 Å². The number of amides is 1. The number of carbonyl (C=O) groups excluding carboxylic acids is 2. The third kappa shape index (κ3) is 7.16. The van der Waals surface area contributed by atoms with Gasteiger partial charge in [0.15, 0.2) is 0 Å². The zero-order valence-electron chi connectivity index (χ0n) is 17.1. The molecule has 3 aromatic carbocycles. The number of nitrogens with one attached hydrogen (secondary N) is 1. The van der Waals surface area contributed by atoms with Gasteiger partial charge in [-0.25, -0.2) is 4.79 Å². The summed E-state index contributed by atoms with van der Waals surface area (Å²) in [5.41, 5.74) is 0.450. The fourth-order valence-corrected chi connectivity index (χ4v) is 6.13. The summed E-state index contributed by atoms with van der Waals surface area (Å²) in [6.45, 7) is 0. The molecule has 1 amide bonds. The predicted octanol–water partition coefficient (Wildman–Crippen LogP) is 5.88. The lowest BCUT2D eigenvalue weighted by atomic mass is 10.0. The lowest BCUT2D eigenvalue weighted by molar-refractivity contribution is -0.197. The molecule has 3 aromatic rings. The first kappa shape index (κ1) is 28.3. The zero-order valence-corrected chi connectivity index (χ0v) is 24.4. The van der Waals surface area contributed by atoms with Crippen LogP contribution >= 0.6 is 67.8 Å². The van der Waals surface area contributed by atoms with Crippen molar-refractivity contribution in [1.29, 1.82) is 0 Å². The molecule has 3 rings (SSSR count). The molecule has 0 aromatic heterocycles. The number of ether oxygens (including phenoxy) is 1. The summed E-state index contributed by atoms with van der Waals surface area (Å²) in [5.74, 6) is -3.69. The number of anilines is 1. The minimum Gasteiger partial charge on any atom is -0.448 e. The zero-order chi connectivity index (χ0) is 26.1. The third-order valence-corrected chi connectivity index (χ3v) is 9.00. The van der Waals surface area contributed by atoms with Crippen molar-refractivity contribution in [2.45, 2.75) is 12.3 Å². The number of benzene rings is 3. The molecule has 0 heterocycles. The van der Waals surface area contributed by atoms with Gasteiger partial charge in [-0.3, -0.25) is 9.35 Å². The maximum Gasteiger partial charge on any atom is 0.426 e.